The van der Waals surface area contributed by atoms with Crippen molar-refractivity contribution in [2.75, 3.05) is 7.11 Å². The van der Waals surface area contributed by atoms with Crippen molar-refractivity contribution in [1.29, 1.82) is 0 Å². The molecule has 64 valence electrons. The topological polar surface area (TPSA) is 39.2 Å². The van der Waals surface area contributed by atoms with Gasteiger partial charge in [-0.1, -0.05) is 0 Å². The maximum absolute atomic E-state index is 12.5. The molecule has 0 atom stereocenters. The molecule has 1 aromatic heterocycles. The van der Waals surface area contributed by atoms with Crippen molar-refractivity contribution in [1.82, 2.24) is 4.98 Å². The Morgan fingerprint density at radius 3 is 3.08 bits per heavy atom. The molecule has 0 bridgehead atoms. The van der Waals surface area contributed by atoms with Gasteiger partial charge in [-0.3, -0.25) is 9.78 Å². The monoisotopic (exact) mass is 169 g/mol. The summed E-state index contributed by atoms with van der Waals surface area (Å²) in [6.07, 6.45) is 1.32. The number of rotatable bonds is 2. The van der Waals surface area contributed by atoms with Crippen molar-refractivity contribution < 1.29 is 13.9 Å². The Morgan fingerprint density at radius 2 is 2.50 bits per heavy atom. The predicted molar refractivity (Wildman–Crippen MR) is 39.9 cm³/mol. The number of methoxy groups -OCH3 is 1. The summed E-state index contributed by atoms with van der Waals surface area (Å²) >= 11 is 0. The summed E-state index contributed by atoms with van der Waals surface area (Å²) in [5, 5.41) is 0. The molecule has 0 aromatic carbocycles. The minimum atomic E-state index is -0.423. The molecule has 0 aliphatic heterocycles. The number of pyridine rings is 1. The van der Waals surface area contributed by atoms with E-state index < -0.39 is 11.8 Å². The number of esters is 1. The van der Waals surface area contributed by atoms with E-state index in [4.69, 9.17) is 0 Å². The van der Waals surface area contributed by atoms with E-state index in [0.717, 1.165) is 0 Å². The van der Waals surface area contributed by atoms with Gasteiger partial charge >= 0.3 is 5.97 Å². The Labute approximate surface area is 69.2 Å². The van der Waals surface area contributed by atoms with E-state index in [2.05, 4.69) is 9.72 Å². The maximum atomic E-state index is 12.5. The van der Waals surface area contributed by atoms with Crippen LogP contribution < -0.4 is 0 Å². The van der Waals surface area contributed by atoms with Crippen LogP contribution in [0.5, 0.6) is 0 Å². The number of carbonyl (C=O) groups is 1. The molecule has 1 heterocycles. The Hall–Kier alpha value is -1.45. The number of hydrogen-bond acceptors (Lipinski definition) is 3. The van der Waals surface area contributed by atoms with Crippen molar-refractivity contribution in [3.8, 4) is 0 Å². The van der Waals surface area contributed by atoms with E-state index in [1.807, 2.05) is 0 Å². The molecule has 0 radical (unpaired) electrons. The highest BCUT2D eigenvalue weighted by atomic mass is 19.1. The zero-order chi connectivity index (χ0) is 8.97. The quantitative estimate of drug-likeness (QED) is 0.618. The Bertz CT molecular complexity index is 288. The minimum Gasteiger partial charge on any atom is -0.469 e. The first-order valence-corrected chi connectivity index (χ1v) is 3.39. The fourth-order valence-electron chi connectivity index (χ4n) is 0.765. The van der Waals surface area contributed by atoms with Crippen LogP contribution in [0, 0.1) is 5.82 Å². The highest BCUT2D eigenvalue weighted by molar-refractivity contribution is 5.71. The van der Waals surface area contributed by atoms with Gasteiger partial charge in [0.05, 0.1) is 19.2 Å². The molecule has 0 N–H and O–H groups in total. The van der Waals surface area contributed by atoms with Gasteiger partial charge in [0.1, 0.15) is 5.82 Å². The van der Waals surface area contributed by atoms with Crippen LogP contribution in [0.15, 0.2) is 18.3 Å². The average Bonchev–Trinajstić information content (AvgIpc) is 2.04. The second-order valence-corrected chi connectivity index (χ2v) is 2.22. The smallest absolute Gasteiger partial charge is 0.311 e. The van der Waals surface area contributed by atoms with Gasteiger partial charge in [0.2, 0.25) is 0 Å². The van der Waals surface area contributed by atoms with Crippen LogP contribution >= 0.6 is 0 Å². The summed E-state index contributed by atoms with van der Waals surface area (Å²) < 4.78 is 16.9. The van der Waals surface area contributed by atoms with Crippen molar-refractivity contribution in [3.05, 3.63) is 29.8 Å². The summed E-state index contributed by atoms with van der Waals surface area (Å²) in [7, 11) is 1.28. The molecule has 4 heteroatoms. The van der Waals surface area contributed by atoms with Gasteiger partial charge in [-0.25, -0.2) is 4.39 Å². The number of aromatic nitrogens is 1. The minimum absolute atomic E-state index is 0.00819. The lowest BCUT2D eigenvalue weighted by Gasteiger charge is -1.97. The van der Waals surface area contributed by atoms with Crippen LogP contribution in [0.1, 0.15) is 5.69 Å². The molecule has 1 rings (SSSR count). The van der Waals surface area contributed by atoms with E-state index in [-0.39, 0.29) is 6.42 Å². The summed E-state index contributed by atoms with van der Waals surface area (Å²) in [6, 6.07) is 2.43. The average molecular weight is 169 g/mol. The van der Waals surface area contributed by atoms with E-state index in [0.29, 0.717) is 5.69 Å². The lowest BCUT2D eigenvalue weighted by atomic mass is 10.3. The second-order valence-electron chi connectivity index (χ2n) is 2.22. The Kier molecular flexibility index (Phi) is 2.74. The van der Waals surface area contributed by atoms with E-state index in [9.17, 15) is 9.18 Å². The fraction of sp³-hybridized carbons (Fsp3) is 0.250. The molecule has 0 fully saturated rings. The summed E-state index contributed by atoms with van der Waals surface area (Å²) in [5.41, 5.74) is 0.377. The van der Waals surface area contributed by atoms with Crippen LogP contribution in [-0.4, -0.2) is 18.1 Å². The van der Waals surface area contributed by atoms with Crippen molar-refractivity contribution >= 4 is 5.97 Å². The van der Waals surface area contributed by atoms with Crippen LogP contribution in [0.2, 0.25) is 0 Å². The molecule has 0 aliphatic carbocycles. The SMILES string of the molecule is COC(=O)Cc1cc(F)ccn1. The van der Waals surface area contributed by atoms with E-state index in [1.165, 1.54) is 25.4 Å². The molecule has 0 spiro atoms. The van der Waals surface area contributed by atoms with Gasteiger partial charge in [0, 0.05) is 6.20 Å². The largest absolute Gasteiger partial charge is 0.469 e. The number of nitrogens with zero attached hydrogens (tertiary/aromatic N) is 1. The first kappa shape index (κ1) is 8.64. The highest BCUT2D eigenvalue weighted by Gasteiger charge is 2.03. The molecule has 1 aromatic rings. The van der Waals surface area contributed by atoms with Crippen LogP contribution in [0.3, 0.4) is 0 Å². The lowest BCUT2D eigenvalue weighted by Crippen LogP contribution is -2.05. The normalized spacial score (nSPS) is 9.50. The first-order valence-electron chi connectivity index (χ1n) is 3.39. The van der Waals surface area contributed by atoms with Crippen molar-refractivity contribution in [3.63, 3.8) is 0 Å². The number of halogens is 1. The zero-order valence-corrected chi connectivity index (χ0v) is 6.58. The molecule has 0 amide bonds. The van der Waals surface area contributed by atoms with Crippen molar-refractivity contribution in [2.24, 2.45) is 0 Å². The molecule has 0 saturated heterocycles. The molecule has 12 heavy (non-hydrogen) atoms. The highest BCUT2D eigenvalue weighted by Crippen LogP contribution is 2.00. The molecular formula is C8H8FNO2. The molecular weight excluding hydrogens is 161 g/mol. The molecule has 0 aliphatic rings. The van der Waals surface area contributed by atoms with Gasteiger partial charge in [-0.05, 0) is 12.1 Å². The predicted octanol–water partition coefficient (Wildman–Crippen LogP) is 0.936. The summed E-state index contributed by atoms with van der Waals surface area (Å²) in [4.78, 5) is 14.5. The van der Waals surface area contributed by atoms with Gasteiger partial charge in [-0.2, -0.15) is 0 Å². The van der Waals surface area contributed by atoms with Gasteiger partial charge in [-0.15, -0.1) is 0 Å². The third-order valence-corrected chi connectivity index (χ3v) is 1.33. The van der Waals surface area contributed by atoms with Gasteiger partial charge in [0.15, 0.2) is 0 Å². The number of carbonyl (C=O) groups excluding carboxylic acids is 1. The van der Waals surface area contributed by atoms with Gasteiger partial charge in [0.25, 0.3) is 0 Å². The number of ether oxygens (including phenoxy) is 1. The third kappa shape index (κ3) is 2.30. The van der Waals surface area contributed by atoms with Crippen molar-refractivity contribution in [2.45, 2.75) is 6.42 Å². The van der Waals surface area contributed by atoms with E-state index >= 15 is 0 Å². The second kappa shape index (κ2) is 3.80. The maximum Gasteiger partial charge on any atom is 0.311 e. The van der Waals surface area contributed by atoms with Crippen LogP contribution in [0.4, 0.5) is 4.39 Å². The Morgan fingerprint density at radius 1 is 1.75 bits per heavy atom. The first-order chi connectivity index (χ1) is 5.72. The van der Waals surface area contributed by atoms with Crippen LogP contribution in [-0.2, 0) is 16.0 Å². The number of hydrogen-bond donors (Lipinski definition) is 0. The van der Waals surface area contributed by atoms with E-state index in [1.54, 1.807) is 0 Å². The standard InChI is InChI=1S/C8H8FNO2/c1-12-8(11)5-7-4-6(9)2-3-10-7/h2-4H,5H2,1H3. The Balaban J connectivity index is 2.69. The summed E-state index contributed by atoms with van der Waals surface area (Å²) in [6.45, 7) is 0. The summed E-state index contributed by atoms with van der Waals surface area (Å²) in [5.74, 6) is -0.822. The zero-order valence-electron chi connectivity index (χ0n) is 6.58. The van der Waals surface area contributed by atoms with Gasteiger partial charge < -0.3 is 4.74 Å². The molecule has 0 saturated carbocycles. The fourth-order valence-corrected chi connectivity index (χ4v) is 0.765. The molecule has 3 nitrogen and oxygen atoms in total. The third-order valence-electron chi connectivity index (χ3n) is 1.33. The molecule has 0 unspecified atom stereocenters. The lowest BCUT2D eigenvalue weighted by molar-refractivity contribution is -0.139. The van der Waals surface area contributed by atoms with Crippen LogP contribution in [0.25, 0.3) is 0 Å².